The van der Waals surface area contributed by atoms with Crippen molar-refractivity contribution in [1.29, 1.82) is 0 Å². The zero-order valence-corrected chi connectivity index (χ0v) is 8.32. The number of aryl methyl sites for hydroxylation is 1. The highest BCUT2D eigenvalue weighted by atomic mass is 32.1. The molecule has 0 aliphatic heterocycles. The summed E-state index contributed by atoms with van der Waals surface area (Å²) >= 11 is 1.70. The van der Waals surface area contributed by atoms with Gasteiger partial charge in [0.25, 0.3) is 0 Å². The van der Waals surface area contributed by atoms with Gasteiger partial charge in [-0.05, 0) is 35.8 Å². The Labute approximate surface area is 77.0 Å². The highest BCUT2D eigenvalue weighted by Gasteiger charge is 2.52. The first-order chi connectivity index (χ1) is 5.68. The molecular formula is C10H14OS. The molecule has 0 radical (unpaired) electrons. The van der Waals surface area contributed by atoms with Gasteiger partial charge in [-0.25, -0.2) is 0 Å². The van der Waals surface area contributed by atoms with Crippen LogP contribution < -0.4 is 0 Å². The van der Waals surface area contributed by atoms with Gasteiger partial charge in [0.1, 0.15) is 5.60 Å². The van der Waals surface area contributed by atoms with E-state index in [9.17, 15) is 5.11 Å². The maximum atomic E-state index is 10.1. The molecule has 1 aromatic rings. The summed E-state index contributed by atoms with van der Waals surface area (Å²) in [5.41, 5.74) is 0.867. The van der Waals surface area contributed by atoms with Gasteiger partial charge in [0, 0.05) is 4.88 Å². The molecule has 1 fully saturated rings. The van der Waals surface area contributed by atoms with Crippen molar-refractivity contribution in [3.05, 3.63) is 21.9 Å². The molecule has 1 saturated carbocycles. The number of aliphatic hydroxyl groups is 1. The van der Waals surface area contributed by atoms with Gasteiger partial charge < -0.3 is 5.11 Å². The third kappa shape index (κ3) is 1.02. The lowest BCUT2D eigenvalue weighted by Crippen LogP contribution is -2.07. The highest BCUT2D eigenvalue weighted by Crippen LogP contribution is 2.54. The van der Waals surface area contributed by atoms with E-state index in [-0.39, 0.29) is 0 Å². The Balaban J connectivity index is 2.34. The molecule has 0 saturated heterocycles. The van der Waals surface area contributed by atoms with E-state index in [2.05, 4.69) is 25.3 Å². The van der Waals surface area contributed by atoms with Crippen LogP contribution in [0.1, 0.15) is 30.7 Å². The molecule has 2 unspecified atom stereocenters. The average molecular weight is 182 g/mol. The second-order valence-electron chi connectivity index (χ2n) is 3.66. The molecule has 1 heterocycles. The molecule has 0 amide bonds. The Kier molecular flexibility index (Phi) is 1.77. The Morgan fingerprint density at radius 3 is 2.92 bits per heavy atom. The Bertz CT molecular complexity index is 292. The fourth-order valence-electron chi connectivity index (χ4n) is 1.72. The van der Waals surface area contributed by atoms with Crippen molar-refractivity contribution in [2.75, 3.05) is 0 Å². The van der Waals surface area contributed by atoms with E-state index >= 15 is 0 Å². The molecule has 2 atom stereocenters. The molecule has 0 spiro atoms. The SMILES string of the molecule is CCc1ccsc1C1(O)CC1C. The van der Waals surface area contributed by atoms with Crippen LogP contribution in [-0.2, 0) is 12.0 Å². The number of thiophene rings is 1. The van der Waals surface area contributed by atoms with Crippen LogP contribution in [0.5, 0.6) is 0 Å². The van der Waals surface area contributed by atoms with Crippen molar-refractivity contribution in [2.24, 2.45) is 5.92 Å². The van der Waals surface area contributed by atoms with E-state index in [0.29, 0.717) is 5.92 Å². The minimum atomic E-state index is -0.459. The fourth-order valence-corrected chi connectivity index (χ4v) is 2.94. The molecular weight excluding hydrogens is 168 g/mol. The maximum absolute atomic E-state index is 10.1. The van der Waals surface area contributed by atoms with Gasteiger partial charge in [0.2, 0.25) is 0 Å². The third-order valence-electron chi connectivity index (χ3n) is 2.79. The van der Waals surface area contributed by atoms with E-state index in [1.54, 1.807) is 11.3 Å². The van der Waals surface area contributed by atoms with Crippen molar-refractivity contribution in [1.82, 2.24) is 0 Å². The van der Waals surface area contributed by atoms with Gasteiger partial charge in [-0.15, -0.1) is 11.3 Å². The Morgan fingerprint density at radius 1 is 1.75 bits per heavy atom. The molecule has 1 aliphatic rings. The van der Waals surface area contributed by atoms with Crippen LogP contribution in [0.15, 0.2) is 11.4 Å². The lowest BCUT2D eigenvalue weighted by atomic mass is 10.1. The van der Waals surface area contributed by atoms with Crippen LogP contribution in [-0.4, -0.2) is 5.11 Å². The molecule has 66 valence electrons. The van der Waals surface area contributed by atoms with Crippen LogP contribution in [0.2, 0.25) is 0 Å². The lowest BCUT2D eigenvalue weighted by Gasteiger charge is -2.08. The summed E-state index contributed by atoms with van der Waals surface area (Å²) in [5.74, 6) is 0.460. The standard InChI is InChI=1S/C10H14OS/c1-3-8-4-5-12-9(8)10(11)6-7(10)2/h4-5,7,11H,3,6H2,1-2H3. The summed E-state index contributed by atoms with van der Waals surface area (Å²) in [7, 11) is 0. The van der Waals surface area contributed by atoms with E-state index in [1.165, 1.54) is 10.4 Å². The van der Waals surface area contributed by atoms with Gasteiger partial charge in [-0.3, -0.25) is 0 Å². The van der Waals surface area contributed by atoms with Gasteiger partial charge in [-0.2, -0.15) is 0 Å². The first-order valence-electron chi connectivity index (χ1n) is 4.47. The molecule has 1 aromatic heterocycles. The van der Waals surface area contributed by atoms with E-state index in [0.717, 1.165) is 12.8 Å². The predicted molar refractivity (Wildman–Crippen MR) is 51.4 cm³/mol. The lowest BCUT2D eigenvalue weighted by molar-refractivity contribution is 0.138. The van der Waals surface area contributed by atoms with Gasteiger partial charge in [0.05, 0.1) is 0 Å². The minimum absolute atomic E-state index is 0.459. The summed E-state index contributed by atoms with van der Waals surface area (Å²) in [6, 6.07) is 2.13. The normalized spacial score (nSPS) is 33.8. The zero-order chi connectivity index (χ0) is 8.77. The minimum Gasteiger partial charge on any atom is -0.384 e. The second kappa shape index (κ2) is 2.57. The van der Waals surface area contributed by atoms with Crippen molar-refractivity contribution >= 4 is 11.3 Å². The summed E-state index contributed by atoms with van der Waals surface area (Å²) in [6.07, 6.45) is 1.98. The molecule has 0 aromatic carbocycles. The van der Waals surface area contributed by atoms with Crippen LogP contribution in [0.3, 0.4) is 0 Å². The molecule has 1 N–H and O–H groups in total. The number of hydrogen-bond donors (Lipinski definition) is 1. The summed E-state index contributed by atoms with van der Waals surface area (Å²) < 4.78 is 0. The van der Waals surface area contributed by atoms with Crippen LogP contribution >= 0.6 is 11.3 Å². The summed E-state index contributed by atoms with van der Waals surface area (Å²) in [5, 5.41) is 12.2. The van der Waals surface area contributed by atoms with E-state index < -0.39 is 5.60 Å². The first kappa shape index (κ1) is 8.27. The molecule has 1 aliphatic carbocycles. The highest BCUT2D eigenvalue weighted by molar-refractivity contribution is 7.10. The quantitative estimate of drug-likeness (QED) is 0.745. The average Bonchev–Trinajstić information content (AvgIpc) is 2.56. The second-order valence-corrected chi connectivity index (χ2v) is 4.57. The number of hydrogen-bond acceptors (Lipinski definition) is 2. The van der Waals surface area contributed by atoms with E-state index in [1.807, 2.05) is 0 Å². The molecule has 1 nitrogen and oxygen atoms in total. The third-order valence-corrected chi connectivity index (χ3v) is 3.92. The molecule has 2 heteroatoms. The molecule has 0 bridgehead atoms. The zero-order valence-electron chi connectivity index (χ0n) is 7.50. The monoisotopic (exact) mass is 182 g/mol. The Hall–Kier alpha value is -0.340. The largest absolute Gasteiger partial charge is 0.384 e. The molecule has 2 rings (SSSR count). The van der Waals surface area contributed by atoms with Crippen LogP contribution in [0, 0.1) is 5.92 Å². The van der Waals surface area contributed by atoms with Gasteiger partial charge in [0.15, 0.2) is 0 Å². The van der Waals surface area contributed by atoms with Crippen LogP contribution in [0.25, 0.3) is 0 Å². The number of rotatable bonds is 2. The summed E-state index contributed by atoms with van der Waals surface area (Å²) in [4.78, 5) is 1.21. The van der Waals surface area contributed by atoms with E-state index in [4.69, 9.17) is 0 Å². The van der Waals surface area contributed by atoms with Crippen LogP contribution in [0.4, 0.5) is 0 Å². The fraction of sp³-hybridized carbons (Fsp3) is 0.600. The maximum Gasteiger partial charge on any atom is 0.102 e. The smallest absolute Gasteiger partial charge is 0.102 e. The van der Waals surface area contributed by atoms with Gasteiger partial charge in [-0.1, -0.05) is 13.8 Å². The Morgan fingerprint density at radius 2 is 2.42 bits per heavy atom. The van der Waals surface area contributed by atoms with Crippen molar-refractivity contribution in [3.63, 3.8) is 0 Å². The first-order valence-corrected chi connectivity index (χ1v) is 5.35. The topological polar surface area (TPSA) is 20.2 Å². The molecule has 12 heavy (non-hydrogen) atoms. The summed E-state index contributed by atoms with van der Waals surface area (Å²) in [6.45, 7) is 4.25. The van der Waals surface area contributed by atoms with Crippen molar-refractivity contribution in [2.45, 2.75) is 32.3 Å². The van der Waals surface area contributed by atoms with Gasteiger partial charge >= 0.3 is 0 Å². The predicted octanol–water partition coefficient (Wildman–Crippen LogP) is 2.54. The van der Waals surface area contributed by atoms with Crippen molar-refractivity contribution in [3.8, 4) is 0 Å². The van der Waals surface area contributed by atoms with Crippen molar-refractivity contribution < 1.29 is 5.11 Å².